The maximum Gasteiger partial charge on any atom is 0.134 e. The van der Waals surface area contributed by atoms with Crippen LogP contribution < -0.4 is 5.32 Å². The number of halogens is 5. The van der Waals surface area contributed by atoms with Gasteiger partial charge in [0.15, 0.2) is 0 Å². The van der Waals surface area contributed by atoms with Crippen molar-refractivity contribution in [1.82, 2.24) is 5.32 Å². The van der Waals surface area contributed by atoms with E-state index in [1.807, 2.05) is 0 Å². The summed E-state index contributed by atoms with van der Waals surface area (Å²) < 4.78 is 40.7. The fourth-order valence-electron chi connectivity index (χ4n) is 2.02. The molecule has 0 saturated carbocycles. The first kappa shape index (κ1) is 15.2. The van der Waals surface area contributed by atoms with Crippen molar-refractivity contribution in [2.75, 3.05) is 7.05 Å². The smallest absolute Gasteiger partial charge is 0.134 e. The lowest BCUT2D eigenvalue weighted by Crippen LogP contribution is -2.21. The molecular weight excluding hydrogens is 310 g/mol. The SMILES string of the molecule is CNC(c1cc(Cl)ccc1Cl)c1c(F)cc(F)cc1F. The second-order valence-electron chi connectivity index (χ2n) is 4.17. The van der Waals surface area contributed by atoms with Crippen molar-refractivity contribution in [3.63, 3.8) is 0 Å². The second-order valence-corrected chi connectivity index (χ2v) is 5.01. The standard InChI is InChI=1S/C14H10Cl2F3N/c1-20-14(9-4-7(15)2-3-10(9)16)13-11(18)5-8(17)6-12(13)19/h2-6,14,20H,1H3. The highest BCUT2D eigenvalue weighted by Crippen LogP contribution is 2.33. The molecule has 0 fully saturated rings. The van der Waals surface area contributed by atoms with Crippen LogP contribution in [0.15, 0.2) is 30.3 Å². The molecule has 106 valence electrons. The first-order valence-corrected chi connectivity index (χ1v) is 6.46. The molecule has 2 rings (SSSR count). The van der Waals surface area contributed by atoms with Crippen LogP contribution in [0, 0.1) is 17.5 Å². The van der Waals surface area contributed by atoms with Crippen molar-refractivity contribution in [1.29, 1.82) is 0 Å². The number of hydrogen-bond donors (Lipinski definition) is 1. The Morgan fingerprint density at radius 2 is 1.60 bits per heavy atom. The Labute approximate surface area is 124 Å². The fourth-order valence-corrected chi connectivity index (χ4v) is 2.43. The van der Waals surface area contributed by atoms with Crippen LogP contribution in [-0.4, -0.2) is 7.05 Å². The lowest BCUT2D eigenvalue weighted by molar-refractivity contribution is 0.500. The zero-order chi connectivity index (χ0) is 14.9. The third-order valence-electron chi connectivity index (χ3n) is 2.89. The molecule has 1 N–H and O–H groups in total. The molecule has 1 atom stereocenters. The van der Waals surface area contributed by atoms with Crippen LogP contribution in [0.3, 0.4) is 0 Å². The Kier molecular flexibility index (Phi) is 4.58. The molecule has 20 heavy (non-hydrogen) atoms. The van der Waals surface area contributed by atoms with Crippen molar-refractivity contribution in [2.24, 2.45) is 0 Å². The molecule has 0 heterocycles. The van der Waals surface area contributed by atoms with Crippen LogP contribution in [-0.2, 0) is 0 Å². The average molecular weight is 320 g/mol. The van der Waals surface area contributed by atoms with E-state index in [-0.39, 0.29) is 5.56 Å². The summed E-state index contributed by atoms with van der Waals surface area (Å²) in [6, 6.07) is 4.98. The van der Waals surface area contributed by atoms with E-state index in [1.165, 1.54) is 19.2 Å². The summed E-state index contributed by atoms with van der Waals surface area (Å²) in [7, 11) is 1.52. The van der Waals surface area contributed by atoms with Crippen LogP contribution in [0.1, 0.15) is 17.2 Å². The summed E-state index contributed by atoms with van der Waals surface area (Å²) in [5.41, 5.74) is 0.101. The second kappa shape index (κ2) is 6.04. The number of nitrogens with one attached hydrogen (secondary N) is 1. The van der Waals surface area contributed by atoms with E-state index in [9.17, 15) is 13.2 Å². The first-order chi connectivity index (χ1) is 9.43. The van der Waals surface area contributed by atoms with Crippen LogP contribution in [0.4, 0.5) is 13.2 Å². The molecule has 0 aliphatic rings. The van der Waals surface area contributed by atoms with Gasteiger partial charge in [-0.3, -0.25) is 0 Å². The molecule has 0 spiro atoms. The van der Waals surface area contributed by atoms with Gasteiger partial charge in [-0.25, -0.2) is 13.2 Å². The lowest BCUT2D eigenvalue weighted by atomic mass is 9.97. The van der Waals surface area contributed by atoms with Gasteiger partial charge >= 0.3 is 0 Å². The average Bonchev–Trinajstić information content (AvgIpc) is 2.37. The van der Waals surface area contributed by atoms with Gasteiger partial charge in [-0.2, -0.15) is 0 Å². The molecular formula is C14H10Cl2F3N. The molecule has 1 nitrogen and oxygen atoms in total. The van der Waals surface area contributed by atoms with Crippen molar-refractivity contribution in [3.05, 3.63) is 69.0 Å². The molecule has 0 radical (unpaired) electrons. The molecule has 0 aliphatic carbocycles. The van der Waals surface area contributed by atoms with Crippen molar-refractivity contribution in [3.8, 4) is 0 Å². The summed E-state index contributed by atoms with van der Waals surface area (Å²) in [5.74, 6) is -2.95. The Morgan fingerprint density at radius 3 is 2.15 bits per heavy atom. The van der Waals surface area contributed by atoms with Gasteiger partial charge < -0.3 is 5.32 Å². The molecule has 2 aromatic rings. The summed E-state index contributed by atoms with van der Waals surface area (Å²) in [6.07, 6.45) is 0. The predicted octanol–water partition coefficient (Wildman–Crippen LogP) is 4.72. The zero-order valence-corrected chi connectivity index (χ0v) is 11.9. The van der Waals surface area contributed by atoms with E-state index in [0.717, 1.165) is 0 Å². The number of rotatable bonds is 3. The molecule has 0 bridgehead atoms. The summed E-state index contributed by atoms with van der Waals surface area (Å²) in [4.78, 5) is 0. The minimum absolute atomic E-state index is 0.303. The molecule has 0 aromatic heterocycles. The van der Waals surface area contributed by atoms with Gasteiger partial charge in [0, 0.05) is 27.7 Å². The van der Waals surface area contributed by atoms with Crippen molar-refractivity contribution in [2.45, 2.75) is 6.04 Å². The van der Waals surface area contributed by atoms with Gasteiger partial charge in [-0.1, -0.05) is 23.2 Å². The molecule has 0 aliphatic heterocycles. The van der Waals surface area contributed by atoms with Gasteiger partial charge in [0.2, 0.25) is 0 Å². The van der Waals surface area contributed by atoms with Gasteiger partial charge in [0.1, 0.15) is 17.5 Å². The molecule has 6 heteroatoms. The van der Waals surface area contributed by atoms with Crippen LogP contribution in [0.2, 0.25) is 10.0 Å². The van der Waals surface area contributed by atoms with Crippen molar-refractivity contribution >= 4 is 23.2 Å². The topological polar surface area (TPSA) is 12.0 Å². The third kappa shape index (κ3) is 2.92. The highest BCUT2D eigenvalue weighted by molar-refractivity contribution is 6.33. The fraction of sp³-hybridized carbons (Fsp3) is 0.143. The van der Waals surface area contributed by atoms with Crippen LogP contribution >= 0.6 is 23.2 Å². The third-order valence-corrected chi connectivity index (χ3v) is 3.47. The normalized spacial score (nSPS) is 12.5. The van der Waals surface area contributed by atoms with E-state index in [4.69, 9.17) is 23.2 Å². The van der Waals surface area contributed by atoms with E-state index < -0.39 is 23.5 Å². The Hall–Kier alpha value is -1.23. The van der Waals surface area contributed by atoms with Gasteiger partial charge in [-0.15, -0.1) is 0 Å². The summed E-state index contributed by atoms with van der Waals surface area (Å²) in [5, 5.41) is 3.44. The van der Waals surface area contributed by atoms with E-state index in [2.05, 4.69) is 5.32 Å². The van der Waals surface area contributed by atoms with Gasteiger partial charge in [0.05, 0.1) is 6.04 Å². The Bertz CT molecular complexity index is 623. The minimum atomic E-state index is -0.988. The lowest BCUT2D eigenvalue weighted by Gasteiger charge is -2.20. The monoisotopic (exact) mass is 319 g/mol. The Morgan fingerprint density at radius 1 is 1.00 bits per heavy atom. The molecule has 2 aromatic carbocycles. The minimum Gasteiger partial charge on any atom is -0.309 e. The van der Waals surface area contributed by atoms with Gasteiger partial charge in [0.25, 0.3) is 0 Å². The quantitative estimate of drug-likeness (QED) is 0.863. The highest BCUT2D eigenvalue weighted by Gasteiger charge is 2.23. The maximum atomic E-state index is 13.9. The largest absolute Gasteiger partial charge is 0.309 e. The van der Waals surface area contributed by atoms with E-state index in [1.54, 1.807) is 6.07 Å². The molecule has 1 unspecified atom stereocenters. The summed E-state index contributed by atoms with van der Waals surface area (Å²) >= 11 is 11.9. The van der Waals surface area contributed by atoms with Crippen LogP contribution in [0.25, 0.3) is 0 Å². The summed E-state index contributed by atoms with van der Waals surface area (Å²) in [6.45, 7) is 0. The first-order valence-electron chi connectivity index (χ1n) is 5.70. The predicted molar refractivity (Wildman–Crippen MR) is 73.7 cm³/mol. The van der Waals surface area contributed by atoms with E-state index in [0.29, 0.717) is 27.7 Å². The highest BCUT2D eigenvalue weighted by atomic mass is 35.5. The number of hydrogen-bond acceptors (Lipinski definition) is 1. The number of benzene rings is 2. The van der Waals surface area contributed by atoms with E-state index >= 15 is 0 Å². The van der Waals surface area contributed by atoms with Crippen LogP contribution in [0.5, 0.6) is 0 Å². The van der Waals surface area contributed by atoms with Gasteiger partial charge in [-0.05, 0) is 30.8 Å². The van der Waals surface area contributed by atoms with Crippen molar-refractivity contribution < 1.29 is 13.2 Å². The Balaban J connectivity index is 2.61. The zero-order valence-electron chi connectivity index (χ0n) is 10.4. The maximum absolute atomic E-state index is 13.9. The molecule has 0 saturated heterocycles. The molecule has 0 amide bonds.